The van der Waals surface area contributed by atoms with E-state index in [1.165, 1.54) is 0 Å². The van der Waals surface area contributed by atoms with Crippen molar-refractivity contribution in [2.45, 2.75) is 19.3 Å². The number of hydrogen-bond acceptors (Lipinski definition) is 4. The Hall–Kier alpha value is -0.650. The van der Waals surface area contributed by atoms with Crippen molar-refractivity contribution in [3.05, 3.63) is 0 Å². The maximum atomic E-state index is 11.2. The lowest BCUT2D eigenvalue weighted by Gasteiger charge is -2.15. The molecule has 1 aliphatic heterocycles. The lowest BCUT2D eigenvalue weighted by molar-refractivity contribution is -0.128. The van der Waals surface area contributed by atoms with E-state index in [1.807, 2.05) is 4.90 Å². The Morgan fingerprint density at radius 3 is 2.56 bits per heavy atom. The maximum Gasteiger partial charge on any atom is 0.222 e. The van der Waals surface area contributed by atoms with Crippen LogP contribution in [0.25, 0.3) is 0 Å². The summed E-state index contributed by atoms with van der Waals surface area (Å²) in [4.78, 5) is 13.1. The summed E-state index contributed by atoms with van der Waals surface area (Å²) >= 11 is 0. The van der Waals surface area contributed by atoms with Crippen molar-refractivity contribution in [1.82, 2.24) is 4.90 Å². The first-order chi connectivity index (χ1) is 7.84. The smallest absolute Gasteiger partial charge is 0.222 e. The molecule has 5 heteroatoms. The normalized spacial score (nSPS) is 16.1. The van der Waals surface area contributed by atoms with Crippen LogP contribution in [-0.4, -0.2) is 56.9 Å². The third-order valence-electron chi connectivity index (χ3n) is 2.54. The third kappa shape index (κ3) is 5.44. The van der Waals surface area contributed by atoms with Crippen molar-refractivity contribution in [3.8, 4) is 0 Å². The summed E-state index contributed by atoms with van der Waals surface area (Å²) in [5.41, 5.74) is 5.33. The van der Waals surface area contributed by atoms with Gasteiger partial charge in [-0.25, -0.2) is 0 Å². The largest absolute Gasteiger partial charge is 0.379 e. The van der Waals surface area contributed by atoms with E-state index in [2.05, 4.69) is 0 Å². The molecule has 1 rings (SSSR count). The first-order valence-electron chi connectivity index (χ1n) is 5.98. The Kier molecular flexibility index (Phi) is 7.12. The molecular weight excluding hydrogens is 208 g/mol. The minimum atomic E-state index is 0.253. The first kappa shape index (κ1) is 13.4. The minimum absolute atomic E-state index is 0.253. The van der Waals surface area contributed by atoms with Gasteiger partial charge in [0.05, 0.1) is 19.8 Å². The lowest BCUT2D eigenvalue weighted by Crippen LogP contribution is -2.28. The van der Waals surface area contributed by atoms with Crippen LogP contribution < -0.4 is 5.73 Å². The molecule has 94 valence electrons. The van der Waals surface area contributed by atoms with Crippen LogP contribution in [0.4, 0.5) is 0 Å². The van der Waals surface area contributed by atoms with E-state index in [0.29, 0.717) is 45.9 Å². The predicted octanol–water partition coefficient (Wildman–Crippen LogP) is -0.00920. The zero-order valence-corrected chi connectivity index (χ0v) is 9.82. The molecule has 1 aliphatic rings. The van der Waals surface area contributed by atoms with Gasteiger partial charge >= 0.3 is 0 Å². The van der Waals surface area contributed by atoms with Crippen molar-refractivity contribution in [1.29, 1.82) is 0 Å². The van der Waals surface area contributed by atoms with Gasteiger partial charge in [0.2, 0.25) is 5.91 Å². The van der Waals surface area contributed by atoms with Crippen LogP contribution >= 0.6 is 0 Å². The zero-order valence-electron chi connectivity index (χ0n) is 9.82. The average molecular weight is 230 g/mol. The highest BCUT2D eigenvalue weighted by Crippen LogP contribution is 2.08. The monoisotopic (exact) mass is 230 g/mol. The molecule has 1 amide bonds. The van der Waals surface area contributed by atoms with Gasteiger partial charge in [-0.15, -0.1) is 0 Å². The Bertz CT molecular complexity index is 200. The van der Waals surface area contributed by atoms with Crippen molar-refractivity contribution in [3.63, 3.8) is 0 Å². The molecule has 1 heterocycles. The highest BCUT2D eigenvalue weighted by molar-refractivity contribution is 5.77. The molecule has 5 nitrogen and oxygen atoms in total. The van der Waals surface area contributed by atoms with Crippen molar-refractivity contribution < 1.29 is 14.3 Å². The van der Waals surface area contributed by atoms with Gasteiger partial charge < -0.3 is 20.1 Å². The number of carbonyl (C=O) groups excluding carboxylic acids is 1. The highest BCUT2D eigenvalue weighted by atomic mass is 16.5. The number of nitrogens with two attached hydrogens (primary N) is 1. The van der Waals surface area contributed by atoms with E-state index in [4.69, 9.17) is 15.2 Å². The molecule has 0 spiro atoms. The summed E-state index contributed by atoms with van der Waals surface area (Å²) in [7, 11) is 0. The Labute approximate surface area is 96.9 Å². The predicted molar refractivity (Wildman–Crippen MR) is 61.1 cm³/mol. The van der Waals surface area contributed by atoms with Crippen molar-refractivity contribution in [2.75, 3.05) is 46.1 Å². The van der Waals surface area contributed by atoms with Crippen molar-refractivity contribution >= 4 is 5.91 Å². The number of rotatable bonds is 9. The van der Waals surface area contributed by atoms with Crippen LogP contribution in [0.5, 0.6) is 0 Å². The molecule has 0 radical (unpaired) electrons. The van der Waals surface area contributed by atoms with Crippen LogP contribution in [0.2, 0.25) is 0 Å². The maximum absolute atomic E-state index is 11.2. The summed E-state index contributed by atoms with van der Waals surface area (Å²) in [5, 5.41) is 0. The van der Waals surface area contributed by atoms with Crippen LogP contribution in [-0.2, 0) is 14.3 Å². The number of carbonyl (C=O) groups is 1. The van der Waals surface area contributed by atoms with E-state index >= 15 is 0 Å². The summed E-state index contributed by atoms with van der Waals surface area (Å²) in [6.45, 7) is 4.76. The van der Waals surface area contributed by atoms with Gasteiger partial charge in [-0.05, 0) is 19.4 Å². The molecule has 0 aliphatic carbocycles. The summed E-state index contributed by atoms with van der Waals surface area (Å²) in [6.07, 6.45) is 2.57. The van der Waals surface area contributed by atoms with E-state index in [1.54, 1.807) is 0 Å². The van der Waals surface area contributed by atoms with E-state index in [-0.39, 0.29) is 5.91 Å². The van der Waals surface area contributed by atoms with Gasteiger partial charge in [0.25, 0.3) is 0 Å². The molecule has 0 bridgehead atoms. The van der Waals surface area contributed by atoms with Crippen LogP contribution in [0.15, 0.2) is 0 Å². The van der Waals surface area contributed by atoms with Gasteiger partial charge in [-0.3, -0.25) is 4.79 Å². The second-order valence-electron chi connectivity index (χ2n) is 3.85. The summed E-state index contributed by atoms with van der Waals surface area (Å²) in [5.74, 6) is 0.253. The Morgan fingerprint density at radius 2 is 1.94 bits per heavy atom. The number of amides is 1. The Morgan fingerprint density at radius 1 is 1.19 bits per heavy atom. The molecule has 16 heavy (non-hydrogen) atoms. The minimum Gasteiger partial charge on any atom is -0.379 e. The molecule has 0 aromatic rings. The van der Waals surface area contributed by atoms with Crippen LogP contribution in [0, 0.1) is 0 Å². The molecular formula is C11H22N2O3. The SMILES string of the molecule is NCCCOCCOCCN1CCCC1=O. The lowest BCUT2D eigenvalue weighted by atomic mass is 10.4. The highest BCUT2D eigenvalue weighted by Gasteiger charge is 2.18. The van der Waals surface area contributed by atoms with Gasteiger partial charge in [-0.1, -0.05) is 0 Å². The van der Waals surface area contributed by atoms with Crippen LogP contribution in [0.1, 0.15) is 19.3 Å². The topological polar surface area (TPSA) is 64.8 Å². The van der Waals surface area contributed by atoms with E-state index < -0.39 is 0 Å². The Balaban J connectivity index is 1.83. The number of ether oxygens (including phenoxy) is 2. The molecule has 1 saturated heterocycles. The first-order valence-corrected chi connectivity index (χ1v) is 5.98. The fraction of sp³-hybridized carbons (Fsp3) is 0.909. The molecule has 0 atom stereocenters. The third-order valence-corrected chi connectivity index (χ3v) is 2.54. The second kappa shape index (κ2) is 8.50. The molecule has 1 fully saturated rings. The number of hydrogen-bond donors (Lipinski definition) is 1. The summed E-state index contributed by atoms with van der Waals surface area (Å²) < 4.78 is 10.7. The zero-order chi connectivity index (χ0) is 11.6. The molecule has 0 saturated carbocycles. The van der Waals surface area contributed by atoms with Gasteiger partial charge in [0.15, 0.2) is 0 Å². The van der Waals surface area contributed by atoms with Crippen molar-refractivity contribution in [2.24, 2.45) is 5.73 Å². The molecule has 0 aromatic heterocycles. The molecule has 0 unspecified atom stereocenters. The number of likely N-dealkylation sites (tertiary alicyclic amines) is 1. The fourth-order valence-corrected chi connectivity index (χ4v) is 1.62. The fourth-order valence-electron chi connectivity index (χ4n) is 1.62. The molecule has 0 aromatic carbocycles. The van der Waals surface area contributed by atoms with Gasteiger partial charge in [-0.2, -0.15) is 0 Å². The standard InChI is InChI=1S/C11H22N2O3/c12-4-2-7-15-9-10-16-8-6-13-5-1-3-11(13)14/h1-10,12H2. The average Bonchev–Trinajstić information content (AvgIpc) is 2.68. The van der Waals surface area contributed by atoms with E-state index in [9.17, 15) is 4.79 Å². The quantitative estimate of drug-likeness (QED) is 0.566. The van der Waals surface area contributed by atoms with E-state index in [0.717, 1.165) is 19.4 Å². The van der Waals surface area contributed by atoms with Gasteiger partial charge in [0.1, 0.15) is 0 Å². The second-order valence-corrected chi connectivity index (χ2v) is 3.85. The summed E-state index contributed by atoms with van der Waals surface area (Å²) in [6, 6.07) is 0. The molecule has 2 N–H and O–H groups in total. The van der Waals surface area contributed by atoms with Crippen LogP contribution in [0.3, 0.4) is 0 Å². The number of nitrogens with zero attached hydrogens (tertiary/aromatic N) is 1. The van der Waals surface area contributed by atoms with Gasteiger partial charge in [0, 0.05) is 26.1 Å².